The zero-order valence-electron chi connectivity index (χ0n) is 13.5. The number of benzene rings is 2. The van der Waals surface area contributed by atoms with Gasteiger partial charge in [-0.2, -0.15) is 0 Å². The Morgan fingerprint density at radius 3 is 2.75 bits per heavy atom. The van der Waals surface area contributed by atoms with Gasteiger partial charge >= 0.3 is 0 Å². The second kappa shape index (κ2) is 6.57. The van der Waals surface area contributed by atoms with Gasteiger partial charge in [-0.3, -0.25) is 4.79 Å². The lowest BCUT2D eigenvalue weighted by atomic mass is 10.0. The molecule has 124 valence electrons. The summed E-state index contributed by atoms with van der Waals surface area (Å²) in [7, 11) is 1.46. The number of methoxy groups -OCH3 is 1. The molecule has 1 N–H and O–H groups in total. The molecule has 4 nitrogen and oxygen atoms in total. The van der Waals surface area contributed by atoms with E-state index in [1.54, 1.807) is 23.1 Å². The maximum Gasteiger partial charge on any atom is 0.258 e. The van der Waals surface area contributed by atoms with Crippen molar-refractivity contribution in [1.82, 2.24) is 0 Å². The summed E-state index contributed by atoms with van der Waals surface area (Å²) in [6, 6.07) is 11.0. The van der Waals surface area contributed by atoms with Gasteiger partial charge in [0.1, 0.15) is 0 Å². The van der Waals surface area contributed by atoms with E-state index in [4.69, 9.17) is 16.3 Å². The topological polar surface area (TPSA) is 49.8 Å². The van der Waals surface area contributed by atoms with Crippen LogP contribution in [0.25, 0.3) is 11.6 Å². The quantitative estimate of drug-likeness (QED) is 0.839. The van der Waals surface area contributed by atoms with Crippen LogP contribution in [0.3, 0.4) is 0 Å². The molecule has 0 saturated heterocycles. The van der Waals surface area contributed by atoms with E-state index in [-0.39, 0.29) is 22.4 Å². The molecule has 3 rings (SSSR count). The number of hydrogen-bond donors (Lipinski definition) is 1. The van der Waals surface area contributed by atoms with E-state index in [1.165, 1.54) is 7.11 Å². The average Bonchev–Trinajstić information content (AvgIpc) is 2.84. The number of nitrogens with zero attached hydrogens (tertiary/aromatic N) is 1. The van der Waals surface area contributed by atoms with Crippen LogP contribution in [0.1, 0.15) is 24.5 Å². The van der Waals surface area contributed by atoms with Crippen LogP contribution in [0.4, 0.5) is 5.69 Å². The molecule has 2 aromatic rings. The first-order valence-electron chi connectivity index (χ1n) is 7.76. The van der Waals surface area contributed by atoms with Gasteiger partial charge in [0.2, 0.25) is 0 Å². The number of carbonyl (C=O) groups excluding carboxylic acids is 1. The summed E-state index contributed by atoms with van der Waals surface area (Å²) in [5.74, 6) is 0.145. The molecule has 5 heteroatoms. The molecule has 0 spiro atoms. The minimum Gasteiger partial charge on any atom is -0.503 e. The van der Waals surface area contributed by atoms with Crippen LogP contribution in [0.2, 0.25) is 5.02 Å². The molecular weight excluding hydrogens is 326 g/mol. The molecule has 0 unspecified atom stereocenters. The summed E-state index contributed by atoms with van der Waals surface area (Å²) in [5.41, 5.74) is 3.14. The second-order valence-electron chi connectivity index (χ2n) is 5.59. The van der Waals surface area contributed by atoms with Gasteiger partial charge in [-0.1, -0.05) is 36.7 Å². The fourth-order valence-corrected chi connectivity index (χ4v) is 3.11. The van der Waals surface area contributed by atoms with E-state index in [0.29, 0.717) is 17.7 Å². The highest BCUT2D eigenvalue weighted by Crippen LogP contribution is 2.40. The molecule has 0 bridgehead atoms. The van der Waals surface area contributed by atoms with Crippen LogP contribution in [0, 0.1) is 0 Å². The third-order valence-electron chi connectivity index (χ3n) is 3.99. The Morgan fingerprint density at radius 2 is 2.04 bits per heavy atom. The zero-order chi connectivity index (χ0) is 17.3. The summed E-state index contributed by atoms with van der Waals surface area (Å²) in [6.45, 7) is 2.72. The molecule has 1 aliphatic rings. The minimum absolute atomic E-state index is 0.0267. The van der Waals surface area contributed by atoms with Crippen molar-refractivity contribution < 1.29 is 14.6 Å². The Hall–Kier alpha value is -2.46. The van der Waals surface area contributed by atoms with Crippen molar-refractivity contribution in [3.05, 3.63) is 52.5 Å². The minimum atomic E-state index is -0.105. The van der Waals surface area contributed by atoms with Gasteiger partial charge in [-0.05, 0) is 36.3 Å². The van der Waals surface area contributed by atoms with Gasteiger partial charge in [0.25, 0.3) is 5.91 Å². The Kier molecular flexibility index (Phi) is 4.49. The Morgan fingerprint density at radius 1 is 1.29 bits per heavy atom. The number of phenolic OH excluding ortho intramolecular Hbond substituents is 1. The lowest BCUT2D eigenvalue weighted by molar-refractivity contribution is -0.113. The number of aromatic hydroxyl groups is 1. The van der Waals surface area contributed by atoms with Gasteiger partial charge in [-0.15, -0.1) is 0 Å². The van der Waals surface area contributed by atoms with Crippen molar-refractivity contribution >= 4 is 34.8 Å². The van der Waals surface area contributed by atoms with Crippen molar-refractivity contribution in [1.29, 1.82) is 0 Å². The van der Waals surface area contributed by atoms with Crippen molar-refractivity contribution in [3.63, 3.8) is 0 Å². The van der Waals surface area contributed by atoms with Crippen molar-refractivity contribution in [2.45, 2.75) is 13.3 Å². The first kappa shape index (κ1) is 16.4. The highest BCUT2D eigenvalue weighted by molar-refractivity contribution is 6.36. The monoisotopic (exact) mass is 343 g/mol. The molecule has 0 aliphatic carbocycles. The van der Waals surface area contributed by atoms with Gasteiger partial charge < -0.3 is 14.7 Å². The SMILES string of the molecule is CCCN1C(=O)/C(=C\c2cc(Cl)c(O)c(OC)c2)c2ccccc21. The summed E-state index contributed by atoms with van der Waals surface area (Å²) in [4.78, 5) is 14.6. The number of para-hydroxylation sites is 1. The summed E-state index contributed by atoms with van der Waals surface area (Å²) in [5, 5.41) is 10.0. The number of amides is 1. The van der Waals surface area contributed by atoms with Crippen molar-refractivity contribution in [2.75, 3.05) is 18.6 Å². The number of carbonyl (C=O) groups is 1. The number of ether oxygens (including phenoxy) is 1. The van der Waals surface area contributed by atoms with E-state index in [2.05, 4.69) is 0 Å². The van der Waals surface area contributed by atoms with Crippen LogP contribution in [0.15, 0.2) is 36.4 Å². The van der Waals surface area contributed by atoms with E-state index in [0.717, 1.165) is 17.7 Å². The Labute approximate surface area is 145 Å². The second-order valence-corrected chi connectivity index (χ2v) is 5.99. The highest BCUT2D eigenvalue weighted by Gasteiger charge is 2.31. The standard InChI is InChI=1S/C19H18ClNO3/c1-3-8-21-16-7-5-4-6-13(16)14(19(21)23)9-12-10-15(20)18(22)17(11-12)24-2/h4-7,9-11,22H,3,8H2,1-2H3/b14-9-. The van der Waals surface area contributed by atoms with E-state index < -0.39 is 0 Å². The molecular formula is C19H18ClNO3. The summed E-state index contributed by atoms with van der Waals surface area (Å²) >= 11 is 6.04. The number of hydrogen-bond acceptors (Lipinski definition) is 3. The van der Waals surface area contributed by atoms with E-state index in [9.17, 15) is 9.90 Å². The van der Waals surface area contributed by atoms with Gasteiger partial charge in [0.15, 0.2) is 11.5 Å². The number of halogens is 1. The summed E-state index contributed by atoms with van der Waals surface area (Å²) < 4.78 is 5.13. The molecule has 0 saturated carbocycles. The third-order valence-corrected chi connectivity index (χ3v) is 4.28. The molecule has 0 fully saturated rings. The maximum atomic E-state index is 12.8. The van der Waals surface area contributed by atoms with Gasteiger partial charge in [0, 0.05) is 17.7 Å². The normalized spacial score (nSPS) is 15.0. The molecule has 1 aliphatic heterocycles. The highest BCUT2D eigenvalue weighted by atomic mass is 35.5. The molecule has 0 aromatic heterocycles. The fourth-order valence-electron chi connectivity index (χ4n) is 2.89. The molecule has 1 amide bonds. The number of rotatable bonds is 4. The van der Waals surface area contributed by atoms with Crippen LogP contribution in [-0.4, -0.2) is 24.7 Å². The van der Waals surface area contributed by atoms with E-state index in [1.807, 2.05) is 31.2 Å². The smallest absolute Gasteiger partial charge is 0.258 e. The number of anilines is 1. The molecule has 0 radical (unpaired) electrons. The van der Waals surface area contributed by atoms with Crippen LogP contribution < -0.4 is 9.64 Å². The predicted molar refractivity (Wildman–Crippen MR) is 96.6 cm³/mol. The Balaban J connectivity index is 2.11. The average molecular weight is 344 g/mol. The first-order chi connectivity index (χ1) is 11.6. The first-order valence-corrected chi connectivity index (χ1v) is 8.14. The van der Waals surface area contributed by atoms with Crippen LogP contribution in [-0.2, 0) is 4.79 Å². The lowest BCUT2D eigenvalue weighted by Crippen LogP contribution is -2.26. The number of fused-ring (bicyclic) bond motifs is 1. The third kappa shape index (κ3) is 2.74. The van der Waals surface area contributed by atoms with E-state index >= 15 is 0 Å². The molecule has 24 heavy (non-hydrogen) atoms. The lowest BCUT2D eigenvalue weighted by Gasteiger charge is -2.15. The largest absolute Gasteiger partial charge is 0.503 e. The Bertz CT molecular complexity index is 829. The zero-order valence-corrected chi connectivity index (χ0v) is 14.3. The predicted octanol–water partition coefficient (Wildman–Crippen LogP) is 4.35. The van der Waals surface area contributed by atoms with Gasteiger partial charge in [-0.25, -0.2) is 0 Å². The number of phenols is 1. The van der Waals surface area contributed by atoms with Crippen LogP contribution in [0.5, 0.6) is 11.5 Å². The van der Waals surface area contributed by atoms with Gasteiger partial charge in [0.05, 0.1) is 17.8 Å². The maximum absolute atomic E-state index is 12.8. The fraction of sp³-hybridized carbons (Fsp3) is 0.211. The van der Waals surface area contributed by atoms with Crippen molar-refractivity contribution in [2.24, 2.45) is 0 Å². The molecule has 2 aromatic carbocycles. The molecule has 0 atom stereocenters. The van der Waals surface area contributed by atoms with Crippen molar-refractivity contribution in [3.8, 4) is 11.5 Å². The van der Waals surface area contributed by atoms with Crippen LogP contribution >= 0.6 is 11.6 Å². The summed E-state index contributed by atoms with van der Waals surface area (Å²) in [6.07, 6.45) is 2.66. The molecule has 1 heterocycles.